The van der Waals surface area contributed by atoms with Crippen molar-refractivity contribution in [2.75, 3.05) is 5.73 Å². The molecule has 0 saturated heterocycles. The lowest BCUT2D eigenvalue weighted by Gasteiger charge is -2.05. The van der Waals surface area contributed by atoms with Crippen LogP contribution in [0.1, 0.15) is 5.56 Å². The van der Waals surface area contributed by atoms with Crippen LogP contribution in [-0.4, -0.2) is 10.1 Å². The molecule has 100 valence electrons. The van der Waals surface area contributed by atoms with Crippen LogP contribution in [0.4, 0.5) is 5.88 Å². The van der Waals surface area contributed by atoms with Gasteiger partial charge in [0, 0.05) is 23.5 Å². The molecule has 0 unspecified atom stereocenters. The van der Waals surface area contributed by atoms with Crippen LogP contribution in [-0.2, 0) is 0 Å². The number of anilines is 1. The van der Waals surface area contributed by atoms with Crippen molar-refractivity contribution in [1.82, 2.24) is 10.1 Å². The van der Waals surface area contributed by atoms with Crippen LogP contribution in [0.5, 0.6) is 0 Å². The number of benzene rings is 1. The van der Waals surface area contributed by atoms with Crippen LogP contribution in [0.3, 0.4) is 0 Å². The molecule has 0 aliphatic carbocycles. The Kier molecular flexibility index (Phi) is 3.16. The first kappa shape index (κ1) is 12.7. The summed E-state index contributed by atoms with van der Waals surface area (Å²) in [6.07, 6.45) is 3.42. The van der Waals surface area contributed by atoms with Gasteiger partial charge in [-0.2, -0.15) is 0 Å². The molecule has 4 nitrogen and oxygen atoms in total. The average molecular weight is 286 g/mol. The zero-order valence-corrected chi connectivity index (χ0v) is 11.6. The second kappa shape index (κ2) is 4.98. The highest BCUT2D eigenvalue weighted by Crippen LogP contribution is 2.38. The summed E-state index contributed by atoms with van der Waals surface area (Å²) in [5.74, 6) is 0.254. The molecule has 0 bridgehead atoms. The highest BCUT2D eigenvalue weighted by Gasteiger charge is 2.19. The van der Waals surface area contributed by atoms with Gasteiger partial charge >= 0.3 is 0 Å². The Hall–Kier alpha value is -2.33. The average Bonchev–Trinajstić information content (AvgIpc) is 2.81. The Bertz CT molecular complexity index is 753. The maximum Gasteiger partial charge on any atom is 0.230 e. The van der Waals surface area contributed by atoms with Crippen LogP contribution in [0, 0.1) is 6.92 Å². The van der Waals surface area contributed by atoms with E-state index in [2.05, 4.69) is 10.1 Å². The SMILES string of the molecule is Cc1ccc(-c2noc(N)c2-c2cccnc2)c(Cl)c1. The van der Waals surface area contributed by atoms with Gasteiger partial charge in [0.2, 0.25) is 5.88 Å². The number of pyridine rings is 1. The van der Waals surface area contributed by atoms with E-state index in [4.69, 9.17) is 21.9 Å². The number of aryl methyl sites for hydroxylation is 1. The van der Waals surface area contributed by atoms with E-state index in [1.807, 2.05) is 37.3 Å². The van der Waals surface area contributed by atoms with Crippen molar-refractivity contribution in [3.05, 3.63) is 53.3 Å². The fourth-order valence-corrected chi connectivity index (χ4v) is 2.41. The second-order valence-electron chi connectivity index (χ2n) is 4.50. The molecule has 20 heavy (non-hydrogen) atoms. The fourth-order valence-electron chi connectivity index (χ4n) is 2.09. The lowest BCUT2D eigenvalue weighted by Crippen LogP contribution is -1.89. The maximum atomic E-state index is 6.29. The van der Waals surface area contributed by atoms with E-state index >= 15 is 0 Å². The van der Waals surface area contributed by atoms with Crippen LogP contribution in [0.2, 0.25) is 5.02 Å². The lowest BCUT2D eigenvalue weighted by molar-refractivity contribution is 0.439. The van der Waals surface area contributed by atoms with E-state index in [0.29, 0.717) is 16.3 Å². The first-order valence-corrected chi connectivity index (χ1v) is 6.46. The molecule has 0 saturated carbocycles. The molecule has 3 rings (SSSR count). The van der Waals surface area contributed by atoms with Crippen molar-refractivity contribution >= 4 is 17.5 Å². The number of aromatic nitrogens is 2. The van der Waals surface area contributed by atoms with Crippen molar-refractivity contribution < 1.29 is 4.52 Å². The molecule has 1 aromatic carbocycles. The molecule has 2 N–H and O–H groups in total. The number of hydrogen-bond donors (Lipinski definition) is 1. The molecule has 0 atom stereocenters. The molecular formula is C15H12ClN3O. The van der Waals surface area contributed by atoms with Gasteiger partial charge in [-0.05, 0) is 24.6 Å². The fraction of sp³-hybridized carbons (Fsp3) is 0.0667. The van der Waals surface area contributed by atoms with Crippen molar-refractivity contribution in [3.8, 4) is 22.4 Å². The van der Waals surface area contributed by atoms with Crippen LogP contribution < -0.4 is 5.73 Å². The molecule has 0 aliphatic rings. The predicted molar refractivity (Wildman–Crippen MR) is 79.3 cm³/mol. The van der Waals surface area contributed by atoms with Gasteiger partial charge in [0.25, 0.3) is 0 Å². The van der Waals surface area contributed by atoms with Crippen molar-refractivity contribution in [2.24, 2.45) is 0 Å². The first-order chi connectivity index (χ1) is 9.66. The van der Waals surface area contributed by atoms with Gasteiger partial charge in [0.1, 0.15) is 5.69 Å². The van der Waals surface area contributed by atoms with E-state index in [-0.39, 0.29) is 5.88 Å². The Morgan fingerprint density at radius 1 is 1.25 bits per heavy atom. The summed E-state index contributed by atoms with van der Waals surface area (Å²) in [7, 11) is 0. The standard InChI is InChI=1S/C15H12ClN3O/c1-9-4-5-11(12(16)7-9)14-13(15(17)20-19-14)10-3-2-6-18-8-10/h2-8H,17H2,1H3. The van der Waals surface area contributed by atoms with Gasteiger partial charge in [-0.15, -0.1) is 0 Å². The number of hydrogen-bond acceptors (Lipinski definition) is 4. The Labute approximate surface area is 121 Å². The number of rotatable bonds is 2. The number of nitrogen functional groups attached to an aromatic ring is 1. The highest BCUT2D eigenvalue weighted by atomic mass is 35.5. The van der Waals surface area contributed by atoms with Crippen molar-refractivity contribution in [3.63, 3.8) is 0 Å². The molecule has 3 aromatic rings. The van der Waals surface area contributed by atoms with E-state index in [9.17, 15) is 0 Å². The van der Waals surface area contributed by atoms with Gasteiger partial charge in [-0.1, -0.05) is 35.0 Å². The number of nitrogens with zero attached hydrogens (tertiary/aromatic N) is 2. The Balaban J connectivity index is 2.21. The molecule has 5 heteroatoms. The third kappa shape index (κ3) is 2.14. The quantitative estimate of drug-likeness (QED) is 0.774. The van der Waals surface area contributed by atoms with Gasteiger partial charge < -0.3 is 10.3 Å². The molecule has 0 spiro atoms. The number of halogens is 1. The Morgan fingerprint density at radius 2 is 2.10 bits per heavy atom. The van der Waals surface area contributed by atoms with Crippen LogP contribution in [0.15, 0.2) is 47.2 Å². The second-order valence-corrected chi connectivity index (χ2v) is 4.90. The molecular weight excluding hydrogens is 274 g/mol. The van der Waals surface area contributed by atoms with Gasteiger partial charge in [-0.25, -0.2) is 0 Å². The smallest absolute Gasteiger partial charge is 0.230 e. The third-order valence-electron chi connectivity index (χ3n) is 3.05. The predicted octanol–water partition coefficient (Wildman–Crippen LogP) is 3.95. The van der Waals surface area contributed by atoms with E-state index in [1.165, 1.54) is 0 Å². The molecule has 0 aliphatic heterocycles. The summed E-state index contributed by atoms with van der Waals surface area (Å²) in [6.45, 7) is 1.98. The summed E-state index contributed by atoms with van der Waals surface area (Å²) in [4.78, 5) is 4.10. The topological polar surface area (TPSA) is 64.9 Å². The Morgan fingerprint density at radius 3 is 2.80 bits per heavy atom. The molecule has 0 fully saturated rings. The van der Waals surface area contributed by atoms with Gasteiger partial charge in [0.05, 0.1) is 10.6 Å². The zero-order valence-electron chi connectivity index (χ0n) is 10.8. The molecule has 0 amide bonds. The normalized spacial score (nSPS) is 10.7. The lowest BCUT2D eigenvalue weighted by atomic mass is 10.0. The summed E-state index contributed by atoms with van der Waals surface area (Å²) in [6, 6.07) is 9.51. The van der Waals surface area contributed by atoms with Crippen LogP contribution in [0.25, 0.3) is 22.4 Å². The summed E-state index contributed by atoms with van der Waals surface area (Å²) in [5.41, 5.74) is 9.94. The molecule has 0 radical (unpaired) electrons. The third-order valence-corrected chi connectivity index (χ3v) is 3.36. The highest BCUT2D eigenvalue weighted by molar-refractivity contribution is 6.33. The minimum atomic E-state index is 0.254. The van der Waals surface area contributed by atoms with Gasteiger partial charge in [-0.3, -0.25) is 4.98 Å². The minimum absolute atomic E-state index is 0.254. The van der Waals surface area contributed by atoms with E-state index in [1.54, 1.807) is 12.4 Å². The first-order valence-electron chi connectivity index (χ1n) is 6.09. The van der Waals surface area contributed by atoms with Crippen LogP contribution >= 0.6 is 11.6 Å². The molecule has 2 heterocycles. The van der Waals surface area contributed by atoms with Crippen molar-refractivity contribution in [2.45, 2.75) is 6.92 Å². The largest absolute Gasteiger partial charge is 0.367 e. The van der Waals surface area contributed by atoms with E-state index < -0.39 is 0 Å². The number of nitrogens with two attached hydrogens (primary N) is 1. The molecule has 2 aromatic heterocycles. The summed E-state index contributed by atoms with van der Waals surface area (Å²) < 4.78 is 5.13. The summed E-state index contributed by atoms with van der Waals surface area (Å²) in [5, 5.41) is 4.65. The monoisotopic (exact) mass is 285 g/mol. The van der Waals surface area contributed by atoms with E-state index in [0.717, 1.165) is 16.7 Å². The van der Waals surface area contributed by atoms with Crippen molar-refractivity contribution in [1.29, 1.82) is 0 Å². The maximum absolute atomic E-state index is 6.29. The van der Waals surface area contributed by atoms with Gasteiger partial charge in [0.15, 0.2) is 0 Å². The zero-order chi connectivity index (χ0) is 14.1. The minimum Gasteiger partial charge on any atom is -0.367 e. The summed E-state index contributed by atoms with van der Waals surface area (Å²) >= 11 is 6.29.